The smallest absolute Gasteiger partial charge is 0.724 e. The standard InChI is InChI=1S/C10H13N3O5S.Na/c1-6(2)8-3-7(4-11)12-5-9(8)13(10(12)14)18-19(15,16)17;/h3,6-7,9H,5H2,1-2H3,(H,15,16,17);/q;+1/p-1/t7-,9+;/m0./s1. The van der Waals surface area contributed by atoms with Gasteiger partial charge in [0, 0.05) is 0 Å². The molecule has 0 aromatic heterocycles. The van der Waals surface area contributed by atoms with Crippen molar-refractivity contribution >= 4 is 16.4 Å². The maximum Gasteiger partial charge on any atom is 1.00 e. The summed E-state index contributed by atoms with van der Waals surface area (Å²) in [6.07, 6.45) is 1.61. The van der Waals surface area contributed by atoms with Crippen molar-refractivity contribution in [2.24, 2.45) is 5.92 Å². The fourth-order valence-electron chi connectivity index (χ4n) is 2.32. The normalized spacial score (nSPS) is 25.4. The van der Waals surface area contributed by atoms with Crippen LogP contribution in [0.25, 0.3) is 0 Å². The van der Waals surface area contributed by atoms with Crippen molar-refractivity contribution in [3.63, 3.8) is 0 Å². The summed E-state index contributed by atoms with van der Waals surface area (Å²) < 4.78 is 36.2. The minimum absolute atomic E-state index is 0. The van der Waals surface area contributed by atoms with E-state index in [0.717, 1.165) is 0 Å². The third-order valence-corrected chi connectivity index (χ3v) is 3.47. The van der Waals surface area contributed by atoms with Gasteiger partial charge in [-0.05, 0) is 17.6 Å². The van der Waals surface area contributed by atoms with Gasteiger partial charge >= 0.3 is 35.6 Å². The quantitative estimate of drug-likeness (QED) is 0.237. The molecule has 0 radical (unpaired) electrons. The molecule has 2 atom stereocenters. The molecule has 1 fully saturated rings. The van der Waals surface area contributed by atoms with Gasteiger partial charge in [0.25, 0.3) is 0 Å². The van der Waals surface area contributed by atoms with Gasteiger partial charge in [-0.25, -0.2) is 13.2 Å². The van der Waals surface area contributed by atoms with Gasteiger partial charge in [-0.15, -0.1) is 0 Å². The molecule has 104 valence electrons. The summed E-state index contributed by atoms with van der Waals surface area (Å²) in [5, 5.41) is 9.57. The van der Waals surface area contributed by atoms with Crippen molar-refractivity contribution in [3.8, 4) is 6.07 Å². The number of hydrogen-bond acceptors (Lipinski definition) is 6. The van der Waals surface area contributed by atoms with E-state index in [1.54, 1.807) is 6.08 Å². The second-order valence-electron chi connectivity index (χ2n) is 4.65. The molecule has 10 heteroatoms. The average molecular weight is 309 g/mol. The zero-order valence-corrected chi connectivity index (χ0v) is 14.1. The molecule has 2 bridgehead atoms. The molecule has 2 amide bonds. The van der Waals surface area contributed by atoms with E-state index >= 15 is 0 Å². The molecule has 0 aromatic carbocycles. The van der Waals surface area contributed by atoms with Gasteiger partial charge in [0.1, 0.15) is 12.1 Å². The molecule has 2 aliphatic heterocycles. The van der Waals surface area contributed by atoms with Gasteiger partial charge in [0.2, 0.25) is 10.4 Å². The molecular formula is C10H12N3NaO5S. The van der Waals surface area contributed by atoms with E-state index in [9.17, 15) is 17.8 Å². The molecule has 2 heterocycles. The summed E-state index contributed by atoms with van der Waals surface area (Å²) in [7, 11) is -5.03. The molecular weight excluding hydrogens is 297 g/mol. The number of urea groups is 1. The van der Waals surface area contributed by atoms with Crippen LogP contribution in [0.1, 0.15) is 13.8 Å². The average Bonchev–Trinajstić information content (AvgIpc) is 2.54. The Bertz CT molecular complexity index is 582. The predicted octanol–water partition coefficient (Wildman–Crippen LogP) is -3.02. The number of nitrogens with zero attached hydrogens (tertiary/aromatic N) is 3. The van der Waals surface area contributed by atoms with Crippen molar-refractivity contribution < 1.29 is 51.6 Å². The first-order chi connectivity index (χ1) is 8.74. The molecule has 1 saturated heterocycles. The summed E-state index contributed by atoms with van der Waals surface area (Å²) in [6.45, 7) is 3.84. The topological polar surface area (TPSA) is 114 Å². The van der Waals surface area contributed by atoms with Gasteiger partial charge in [-0.3, -0.25) is 0 Å². The molecule has 0 aromatic rings. The summed E-state index contributed by atoms with van der Waals surface area (Å²) in [6, 6.07) is -0.266. The van der Waals surface area contributed by atoms with Crippen LogP contribution in [0.5, 0.6) is 0 Å². The Kier molecular flexibility index (Phi) is 5.23. The van der Waals surface area contributed by atoms with Crippen LogP contribution in [0.4, 0.5) is 4.79 Å². The van der Waals surface area contributed by atoms with Crippen LogP contribution in [0.3, 0.4) is 0 Å². The van der Waals surface area contributed by atoms with Crippen molar-refractivity contribution in [2.45, 2.75) is 25.9 Å². The van der Waals surface area contributed by atoms with E-state index in [4.69, 9.17) is 5.26 Å². The van der Waals surface area contributed by atoms with Crippen molar-refractivity contribution in [2.75, 3.05) is 6.54 Å². The fraction of sp³-hybridized carbons (Fsp3) is 0.600. The van der Waals surface area contributed by atoms with Gasteiger partial charge in [0.05, 0.1) is 12.6 Å². The number of hydroxylamine groups is 2. The van der Waals surface area contributed by atoms with Gasteiger partial charge < -0.3 is 9.45 Å². The number of carbonyl (C=O) groups excluding carboxylic acids is 1. The second kappa shape index (κ2) is 6.01. The molecule has 2 rings (SSSR count). The number of hydrogen-bond donors (Lipinski definition) is 0. The van der Waals surface area contributed by atoms with Crippen LogP contribution in [-0.4, -0.2) is 47.6 Å². The maximum atomic E-state index is 11.9. The molecule has 20 heavy (non-hydrogen) atoms. The maximum absolute atomic E-state index is 11.9. The summed E-state index contributed by atoms with van der Waals surface area (Å²) >= 11 is 0. The minimum atomic E-state index is -5.03. The first-order valence-electron chi connectivity index (χ1n) is 5.61. The molecule has 8 nitrogen and oxygen atoms in total. The Hall–Kier alpha value is -0.630. The molecule has 2 aliphatic rings. The first-order valence-corrected chi connectivity index (χ1v) is 6.94. The molecule has 0 aliphatic carbocycles. The van der Waals surface area contributed by atoms with Crippen LogP contribution in [0, 0.1) is 17.2 Å². The van der Waals surface area contributed by atoms with E-state index in [2.05, 4.69) is 4.28 Å². The molecule has 0 saturated carbocycles. The Morgan fingerprint density at radius 3 is 2.60 bits per heavy atom. The van der Waals surface area contributed by atoms with Gasteiger partial charge in [-0.1, -0.05) is 13.8 Å². The second-order valence-corrected chi connectivity index (χ2v) is 5.62. The Labute approximate surface area is 139 Å². The van der Waals surface area contributed by atoms with E-state index in [0.29, 0.717) is 10.6 Å². The summed E-state index contributed by atoms with van der Waals surface area (Å²) in [4.78, 5) is 13.1. The number of rotatable bonds is 3. The Morgan fingerprint density at radius 1 is 1.55 bits per heavy atom. The summed E-state index contributed by atoms with van der Waals surface area (Å²) in [5.41, 5.74) is 0.706. The predicted molar refractivity (Wildman–Crippen MR) is 60.8 cm³/mol. The first kappa shape index (κ1) is 17.4. The molecule has 0 unspecified atom stereocenters. The zero-order chi connectivity index (χ0) is 14.4. The molecule has 0 N–H and O–H groups in total. The number of carbonyl (C=O) groups is 1. The van der Waals surface area contributed by atoms with Gasteiger partial charge in [-0.2, -0.15) is 14.6 Å². The number of nitriles is 1. The van der Waals surface area contributed by atoms with E-state index in [-0.39, 0.29) is 42.0 Å². The zero-order valence-electron chi connectivity index (χ0n) is 11.3. The number of fused-ring (bicyclic) bond motifs is 2. The third kappa shape index (κ3) is 3.16. The van der Waals surface area contributed by atoms with Crippen molar-refractivity contribution in [3.05, 3.63) is 11.6 Å². The Morgan fingerprint density at radius 2 is 2.15 bits per heavy atom. The van der Waals surface area contributed by atoms with Crippen LogP contribution in [-0.2, 0) is 14.7 Å². The van der Waals surface area contributed by atoms with Crippen LogP contribution < -0.4 is 29.6 Å². The van der Waals surface area contributed by atoms with E-state index in [1.807, 2.05) is 19.9 Å². The van der Waals surface area contributed by atoms with E-state index < -0.39 is 28.5 Å². The number of amides is 2. The van der Waals surface area contributed by atoms with Gasteiger partial charge in [0.15, 0.2) is 0 Å². The van der Waals surface area contributed by atoms with Crippen molar-refractivity contribution in [1.29, 1.82) is 5.26 Å². The third-order valence-electron chi connectivity index (χ3n) is 3.13. The Balaban J connectivity index is 0.00000200. The van der Waals surface area contributed by atoms with Crippen LogP contribution >= 0.6 is 0 Å². The fourth-order valence-corrected chi connectivity index (χ4v) is 2.69. The van der Waals surface area contributed by atoms with E-state index in [1.165, 1.54) is 4.90 Å². The SMILES string of the molecule is CC(C)C1=C[C@@H](C#N)N2C[C@H]1N(OS(=O)(=O)[O-])C2=O.[Na+]. The largest absolute Gasteiger partial charge is 1.00 e. The molecule has 0 spiro atoms. The van der Waals surface area contributed by atoms with Crippen LogP contribution in [0.2, 0.25) is 0 Å². The monoisotopic (exact) mass is 309 g/mol. The minimum Gasteiger partial charge on any atom is -0.724 e. The van der Waals surface area contributed by atoms with Crippen LogP contribution in [0.15, 0.2) is 11.6 Å². The van der Waals surface area contributed by atoms with Crippen molar-refractivity contribution in [1.82, 2.24) is 9.96 Å². The summed E-state index contributed by atoms with van der Waals surface area (Å²) in [5.74, 6) is -0.00523.